The van der Waals surface area contributed by atoms with Gasteiger partial charge in [-0.2, -0.15) is 5.10 Å². The number of hydrogen-bond acceptors (Lipinski definition) is 2. The Labute approximate surface area is 126 Å². The predicted molar refractivity (Wildman–Crippen MR) is 84.7 cm³/mol. The van der Waals surface area contributed by atoms with Crippen molar-refractivity contribution in [2.45, 2.75) is 40.2 Å². The normalized spacial score (nSPS) is 11.0. The van der Waals surface area contributed by atoms with E-state index in [1.54, 1.807) is 0 Å². The molecule has 2 aromatic rings. The zero-order valence-corrected chi connectivity index (χ0v) is 13.2. The molecule has 0 saturated carbocycles. The van der Waals surface area contributed by atoms with Crippen LogP contribution >= 0.6 is 11.6 Å². The van der Waals surface area contributed by atoms with E-state index in [2.05, 4.69) is 30.3 Å². The third-order valence-electron chi connectivity index (χ3n) is 3.43. The van der Waals surface area contributed by atoms with Gasteiger partial charge in [-0.25, -0.2) is 4.68 Å². The van der Waals surface area contributed by atoms with Gasteiger partial charge in [0.25, 0.3) is 0 Å². The molecule has 0 spiro atoms. The quantitative estimate of drug-likeness (QED) is 0.818. The number of aromatic nitrogens is 2. The minimum absolute atomic E-state index is 0.783. The molecule has 0 unspecified atom stereocenters. The Hall–Kier alpha value is -1.32. The zero-order chi connectivity index (χ0) is 14.5. The summed E-state index contributed by atoms with van der Waals surface area (Å²) < 4.78 is 1.99. The molecule has 1 heterocycles. The maximum absolute atomic E-state index is 6.22. The molecular formula is C16H22ClN3. The summed E-state index contributed by atoms with van der Waals surface area (Å²) in [5, 5.41) is 8.74. The minimum atomic E-state index is 0.783. The zero-order valence-electron chi connectivity index (χ0n) is 12.4. The summed E-state index contributed by atoms with van der Waals surface area (Å²) in [6.45, 7) is 8.25. The highest BCUT2D eigenvalue weighted by Crippen LogP contribution is 2.21. The molecule has 4 heteroatoms. The molecule has 1 aromatic heterocycles. The minimum Gasteiger partial charge on any atom is -0.313 e. The van der Waals surface area contributed by atoms with Crippen molar-refractivity contribution >= 4 is 11.6 Å². The summed E-state index contributed by atoms with van der Waals surface area (Å²) in [4.78, 5) is 0. The molecule has 3 nitrogen and oxygen atoms in total. The lowest BCUT2D eigenvalue weighted by atomic mass is 10.2. The van der Waals surface area contributed by atoms with E-state index in [1.807, 2.05) is 29.9 Å². The van der Waals surface area contributed by atoms with Crippen molar-refractivity contribution in [3.63, 3.8) is 0 Å². The number of rotatable bonds is 6. The molecule has 0 atom stereocenters. The first-order valence-electron chi connectivity index (χ1n) is 7.20. The lowest BCUT2D eigenvalue weighted by Gasteiger charge is -2.09. The van der Waals surface area contributed by atoms with Gasteiger partial charge in [-0.05, 0) is 44.0 Å². The molecule has 0 aliphatic rings. The molecule has 0 aliphatic carbocycles. The molecule has 20 heavy (non-hydrogen) atoms. The van der Waals surface area contributed by atoms with E-state index in [9.17, 15) is 0 Å². The van der Waals surface area contributed by atoms with E-state index in [1.165, 1.54) is 11.3 Å². The summed E-state index contributed by atoms with van der Waals surface area (Å²) in [6, 6.07) is 6.08. The fraction of sp³-hybridized carbons (Fsp3) is 0.438. The van der Waals surface area contributed by atoms with Crippen molar-refractivity contribution in [3.05, 3.63) is 46.2 Å². The third-order valence-corrected chi connectivity index (χ3v) is 3.84. The van der Waals surface area contributed by atoms with Crippen LogP contribution in [0.5, 0.6) is 0 Å². The van der Waals surface area contributed by atoms with Crippen LogP contribution in [-0.2, 0) is 13.0 Å². The van der Waals surface area contributed by atoms with Gasteiger partial charge in [0.2, 0.25) is 0 Å². The van der Waals surface area contributed by atoms with E-state index >= 15 is 0 Å². The van der Waals surface area contributed by atoms with E-state index in [0.717, 1.165) is 42.2 Å². The second-order valence-electron chi connectivity index (χ2n) is 4.99. The van der Waals surface area contributed by atoms with E-state index in [-0.39, 0.29) is 0 Å². The van der Waals surface area contributed by atoms with Crippen LogP contribution in [0.2, 0.25) is 5.02 Å². The number of benzene rings is 1. The van der Waals surface area contributed by atoms with Crippen LogP contribution in [0.15, 0.2) is 24.4 Å². The predicted octanol–water partition coefficient (Wildman–Crippen LogP) is 3.90. The standard InChI is InChI=1S/C16H22ClN3/c1-4-8-18-10-13-11-19-20(16(13)5-2)14-7-6-12(3)15(17)9-14/h6-7,9,11,18H,4-5,8,10H2,1-3H3. The van der Waals surface area contributed by atoms with Gasteiger partial charge in [0.15, 0.2) is 0 Å². The van der Waals surface area contributed by atoms with Gasteiger partial charge in [-0.15, -0.1) is 0 Å². The number of nitrogens with one attached hydrogen (secondary N) is 1. The van der Waals surface area contributed by atoms with E-state index < -0.39 is 0 Å². The van der Waals surface area contributed by atoms with E-state index in [4.69, 9.17) is 11.6 Å². The molecule has 0 amide bonds. The first kappa shape index (κ1) is 15.1. The SMILES string of the molecule is CCCNCc1cnn(-c2ccc(C)c(Cl)c2)c1CC. The van der Waals surface area contributed by atoms with Gasteiger partial charge < -0.3 is 5.32 Å². The molecule has 2 rings (SSSR count). The summed E-state index contributed by atoms with van der Waals surface area (Å²) >= 11 is 6.22. The lowest BCUT2D eigenvalue weighted by Crippen LogP contribution is -2.15. The first-order valence-corrected chi connectivity index (χ1v) is 7.58. The summed E-state index contributed by atoms with van der Waals surface area (Å²) in [5.74, 6) is 0. The third kappa shape index (κ3) is 3.22. The summed E-state index contributed by atoms with van der Waals surface area (Å²) in [6.07, 6.45) is 4.05. The van der Waals surface area contributed by atoms with Crippen molar-refractivity contribution in [2.75, 3.05) is 6.54 Å². The molecule has 0 radical (unpaired) electrons. The molecule has 0 aliphatic heterocycles. The van der Waals surface area contributed by atoms with Crippen LogP contribution in [-0.4, -0.2) is 16.3 Å². The Morgan fingerprint density at radius 3 is 2.75 bits per heavy atom. The second-order valence-corrected chi connectivity index (χ2v) is 5.40. The largest absolute Gasteiger partial charge is 0.313 e. The summed E-state index contributed by atoms with van der Waals surface area (Å²) in [7, 11) is 0. The van der Waals surface area contributed by atoms with Crippen molar-refractivity contribution < 1.29 is 0 Å². The number of hydrogen-bond donors (Lipinski definition) is 1. The van der Waals surface area contributed by atoms with Gasteiger partial charge in [0.1, 0.15) is 0 Å². The monoisotopic (exact) mass is 291 g/mol. The number of nitrogens with zero attached hydrogens (tertiary/aromatic N) is 2. The van der Waals surface area contributed by atoms with Gasteiger partial charge in [0.05, 0.1) is 11.9 Å². The molecule has 108 valence electrons. The van der Waals surface area contributed by atoms with Gasteiger partial charge >= 0.3 is 0 Å². The fourth-order valence-corrected chi connectivity index (χ4v) is 2.44. The van der Waals surface area contributed by atoms with Gasteiger partial charge in [-0.1, -0.05) is 31.5 Å². The second kappa shape index (κ2) is 6.91. The molecule has 0 fully saturated rings. The average molecular weight is 292 g/mol. The summed E-state index contributed by atoms with van der Waals surface area (Å²) in [5.41, 5.74) is 4.62. The molecule has 1 N–H and O–H groups in total. The lowest BCUT2D eigenvalue weighted by molar-refractivity contribution is 0.669. The van der Waals surface area contributed by atoms with Crippen molar-refractivity contribution in [3.8, 4) is 5.69 Å². The Bertz CT molecular complexity index is 575. The Kier molecular flexibility index (Phi) is 5.21. The average Bonchev–Trinajstić information content (AvgIpc) is 2.85. The fourth-order valence-electron chi connectivity index (χ4n) is 2.27. The van der Waals surface area contributed by atoms with E-state index in [0.29, 0.717) is 0 Å². The van der Waals surface area contributed by atoms with Crippen LogP contribution in [0.1, 0.15) is 37.1 Å². The number of aryl methyl sites for hydroxylation is 1. The Balaban J connectivity index is 2.29. The van der Waals surface area contributed by atoms with Gasteiger partial charge in [0, 0.05) is 22.8 Å². The topological polar surface area (TPSA) is 29.9 Å². The van der Waals surface area contributed by atoms with Crippen LogP contribution < -0.4 is 5.32 Å². The Morgan fingerprint density at radius 2 is 2.10 bits per heavy atom. The van der Waals surface area contributed by atoms with Crippen LogP contribution in [0.3, 0.4) is 0 Å². The molecule has 1 aromatic carbocycles. The maximum atomic E-state index is 6.22. The Morgan fingerprint density at radius 1 is 1.30 bits per heavy atom. The highest BCUT2D eigenvalue weighted by molar-refractivity contribution is 6.31. The molecule has 0 saturated heterocycles. The smallest absolute Gasteiger partial charge is 0.0663 e. The van der Waals surface area contributed by atoms with Crippen molar-refractivity contribution in [1.82, 2.24) is 15.1 Å². The van der Waals surface area contributed by atoms with Crippen LogP contribution in [0.25, 0.3) is 5.69 Å². The number of halogens is 1. The van der Waals surface area contributed by atoms with Crippen molar-refractivity contribution in [2.24, 2.45) is 0 Å². The highest BCUT2D eigenvalue weighted by Gasteiger charge is 2.11. The highest BCUT2D eigenvalue weighted by atomic mass is 35.5. The van der Waals surface area contributed by atoms with Crippen molar-refractivity contribution in [1.29, 1.82) is 0 Å². The molecular weight excluding hydrogens is 270 g/mol. The molecule has 0 bridgehead atoms. The van der Waals surface area contributed by atoms with Crippen LogP contribution in [0.4, 0.5) is 0 Å². The maximum Gasteiger partial charge on any atom is 0.0663 e. The van der Waals surface area contributed by atoms with Gasteiger partial charge in [-0.3, -0.25) is 0 Å². The van der Waals surface area contributed by atoms with Crippen LogP contribution in [0, 0.1) is 6.92 Å². The first-order chi connectivity index (χ1) is 9.67.